The Morgan fingerprint density at radius 1 is 1.18 bits per heavy atom. The predicted molar refractivity (Wildman–Crippen MR) is 86.3 cm³/mol. The quantitative estimate of drug-likeness (QED) is 0.504. The lowest BCUT2D eigenvalue weighted by atomic mass is 10.1. The maximum atomic E-state index is 11.8. The molecule has 2 aromatic carbocycles. The van der Waals surface area contributed by atoms with Crippen LogP contribution in [0.1, 0.15) is 18.1 Å². The first kappa shape index (κ1) is 15.6. The Kier molecular flexibility index (Phi) is 5.16. The van der Waals surface area contributed by atoms with Crippen molar-refractivity contribution in [3.05, 3.63) is 66.2 Å². The zero-order valence-corrected chi connectivity index (χ0v) is 11.9. The lowest BCUT2D eigenvalue weighted by Crippen LogP contribution is -2.09. The van der Waals surface area contributed by atoms with Crippen molar-refractivity contribution in [2.45, 2.75) is 12.5 Å². The van der Waals surface area contributed by atoms with Gasteiger partial charge < -0.3 is 21.3 Å². The number of rotatable bonds is 5. The number of nitrogens with two attached hydrogens (primary N) is 1. The number of aliphatic hydroxyl groups excluding tert-OH is 1. The van der Waals surface area contributed by atoms with Crippen LogP contribution >= 0.6 is 0 Å². The standard InChI is InChI=1S/C17H18N2O3/c18-14-4-1-2-5-15(14)19-17(22)7-3-6-16(21)12-8-10-13(20)11-9-12/h1-5,7-11,16,20-21H,6,18H2,(H,19,22)/b7-3+/t16-/m0/s1. The molecule has 0 aromatic heterocycles. The molecule has 0 aliphatic carbocycles. The zero-order chi connectivity index (χ0) is 15.9. The molecule has 0 heterocycles. The van der Waals surface area contributed by atoms with Gasteiger partial charge in [0.05, 0.1) is 17.5 Å². The fourth-order valence-corrected chi connectivity index (χ4v) is 1.92. The van der Waals surface area contributed by atoms with E-state index in [1.54, 1.807) is 42.5 Å². The van der Waals surface area contributed by atoms with Gasteiger partial charge in [-0.15, -0.1) is 0 Å². The highest BCUT2D eigenvalue weighted by Crippen LogP contribution is 2.20. The SMILES string of the molecule is Nc1ccccc1NC(=O)/C=C/C[C@H](O)c1ccc(O)cc1. The Labute approximate surface area is 128 Å². The summed E-state index contributed by atoms with van der Waals surface area (Å²) in [6.07, 6.45) is 2.51. The highest BCUT2D eigenvalue weighted by molar-refractivity contribution is 6.01. The minimum Gasteiger partial charge on any atom is -0.508 e. The Balaban J connectivity index is 1.88. The van der Waals surface area contributed by atoms with Crippen LogP contribution in [-0.4, -0.2) is 16.1 Å². The molecular formula is C17H18N2O3. The molecule has 5 nitrogen and oxygen atoms in total. The van der Waals surface area contributed by atoms with Crippen molar-refractivity contribution in [3.63, 3.8) is 0 Å². The molecule has 1 atom stereocenters. The number of benzene rings is 2. The number of para-hydroxylation sites is 2. The van der Waals surface area contributed by atoms with Crippen LogP contribution in [0, 0.1) is 0 Å². The smallest absolute Gasteiger partial charge is 0.248 e. The molecule has 5 N–H and O–H groups in total. The second-order valence-electron chi connectivity index (χ2n) is 4.82. The summed E-state index contributed by atoms with van der Waals surface area (Å²) in [6.45, 7) is 0. The van der Waals surface area contributed by atoms with Gasteiger partial charge in [-0.2, -0.15) is 0 Å². The van der Waals surface area contributed by atoms with E-state index in [-0.39, 0.29) is 11.7 Å². The molecule has 1 amide bonds. The summed E-state index contributed by atoms with van der Waals surface area (Å²) in [5, 5.41) is 21.8. The summed E-state index contributed by atoms with van der Waals surface area (Å²) in [5.41, 5.74) is 7.46. The van der Waals surface area contributed by atoms with Crippen molar-refractivity contribution in [1.29, 1.82) is 0 Å². The van der Waals surface area contributed by atoms with E-state index in [9.17, 15) is 15.0 Å². The first-order valence-electron chi connectivity index (χ1n) is 6.85. The van der Waals surface area contributed by atoms with E-state index in [1.165, 1.54) is 18.2 Å². The van der Waals surface area contributed by atoms with E-state index >= 15 is 0 Å². The van der Waals surface area contributed by atoms with E-state index in [4.69, 9.17) is 5.73 Å². The molecule has 0 radical (unpaired) electrons. The number of carbonyl (C=O) groups is 1. The Bertz CT molecular complexity index is 666. The van der Waals surface area contributed by atoms with E-state index < -0.39 is 6.10 Å². The third-order valence-corrected chi connectivity index (χ3v) is 3.13. The Morgan fingerprint density at radius 3 is 2.55 bits per heavy atom. The number of hydrogen-bond donors (Lipinski definition) is 4. The molecule has 0 spiro atoms. The van der Waals surface area contributed by atoms with Gasteiger partial charge >= 0.3 is 0 Å². The first-order valence-corrected chi connectivity index (χ1v) is 6.85. The van der Waals surface area contributed by atoms with Crippen molar-refractivity contribution in [1.82, 2.24) is 0 Å². The fraction of sp³-hybridized carbons (Fsp3) is 0.118. The minimum absolute atomic E-state index is 0.145. The van der Waals surface area contributed by atoms with Crippen LogP contribution < -0.4 is 11.1 Å². The maximum absolute atomic E-state index is 11.8. The van der Waals surface area contributed by atoms with Gasteiger partial charge in [0.15, 0.2) is 0 Å². The van der Waals surface area contributed by atoms with Crippen LogP contribution in [0.5, 0.6) is 5.75 Å². The molecule has 2 rings (SSSR count). The molecule has 114 valence electrons. The van der Waals surface area contributed by atoms with Gasteiger partial charge in [-0.3, -0.25) is 4.79 Å². The molecule has 22 heavy (non-hydrogen) atoms. The summed E-state index contributed by atoms with van der Waals surface area (Å²) < 4.78 is 0. The lowest BCUT2D eigenvalue weighted by molar-refractivity contribution is -0.111. The highest BCUT2D eigenvalue weighted by atomic mass is 16.3. The summed E-state index contributed by atoms with van der Waals surface area (Å²) >= 11 is 0. The number of aromatic hydroxyl groups is 1. The summed E-state index contributed by atoms with van der Waals surface area (Å²) in [5.74, 6) is -0.165. The van der Waals surface area contributed by atoms with Crippen molar-refractivity contribution >= 4 is 17.3 Å². The number of anilines is 2. The van der Waals surface area contributed by atoms with Crippen LogP contribution in [0.2, 0.25) is 0 Å². The van der Waals surface area contributed by atoms with Gasteiger partial charge in [-0.05, 0) is 42.3 Å². The number of amides is 1. The van der Waals surface area contributed by atoms with Crippen LogP contribution in [0.15, 0.2) is 60.7 Å². The number of hydrogen-bond acceptors (Lipinski definition) is 4. The molecular weight excluding hydrogens is 280 g/mol. The number of nitrogens with one attached hydrogen (secondary N) is 1. The summed E-state index contributed by atoms with van der Waals surface area (Å²) in [6, 6.07) is 13.3. The van der Waals surface area contributed by atoms with E-state index in [0.29, 0.717) is 23.4 Å². The second-order valence-corrected chi connectivity index (χ2v) is 4.82. The first-order chi connectivity index (χ1) is 10.6. The Morgan fingerprint density at radius 2 is 1.86 bits per heavy atom. The summed E-state index contributed by atoms with van der Waals surface area (Å²) in [4.78, 5) is 11.8. The van der Waals surface area contributed by atoms with Crippen LogP contribution in [0.4, 0.5) is 11.4 Å². The van der Waals surface area contributed by atoms with Crippen molar-refractivity contribution in [2.75, 3.05) is 11.1 Å². The molecule has 0 unspecified atom stereocenters. The molecule has 0 aliphatic rings. The second kappa shape index (κ2) is 7.28. The van der Waals surface area contributed by atoms with Gasteiger partial charge in [-0.25, -0.2) is 0 Å². The van der Waals surface area contributed by atoms with Gasteiger partial charge in [0, 0.05) is 0 Å². The van der Waals surface area contributed by atoms with Gasteiger partial charge in [0.2, 0.25) is 5.91 Å². The van der Waals surface area contributed by atoms with Crippen molar-refractivity contribution in [3.8, 4) is 5.75 Å². The molecule has 0 fully saturated rings. The van der Waals surface area contributed by atoms with E-state index in [0.717, 1.165) is 0 Å². The average molecular weight is 298 g/mol. The number of aliphatic hydroxyl groups is 1. The van der Waals surface area contributed by atoms with Crippen LogP contribution in [-0.2, 0) is 4.79 Å². The maximum Gasteiger partial charge on any atom is 0.248 e. The average Bonchev–Trinajstić information content (AvgIpc) is 2.50. The van der Waals surface area contributed by atoms with Gasteiger partial charge in [0.1, 0.15) is 5.75 Å². The number of phenolic OH excluding ortho intramolecular Hbond substituents is 1. The molecule has 5 heteroatoms. The number of nitrogen functional groups attached to an aromatic ring is 1. The molecule has 0 aliphatic heterocycles. The third-order valence-electron chi connectivity index (χ3n) is 3.13. The van der Waals surface area contributed by atoms with Gasteiger partial charge in [0.25, 0.3) is 0 Å². The topological polar surface area (TPSA) is 95.6 Å². The number of phenols is 1. The minimum atomic E-state index is -0.730. The molecule has 0 saturated heterocycles. The van der Waals surface area contributed by atoms with Gasteiger partial charge in [-0.1, -0.05) is 30.3 Å². The zero-order valence-electron chi connectivity index (χ0n) is 11.9. The van der Waals surface area contributed by atoms with E-state index in [1.807, 2.05) is 0 Å². The largest absolute Gasteiger partial charge is 0.508 e. The lowest BCUT2D eigenvalue weighted by Gasteiger charge is -2.08. The summed E-state index contributed by atoms with van der Waals surface area (Å²) in [7, 11) is 0. The van der Waals surface area contributed by atoms with Crippen molar-refractivity contribution in [2.24, 2.45) is 0 Å². The third kappa shape index (κ3) is 4.36. The predicted octanol–water partition coefficient (Wildman–Crippen LogP) is 2.59. The highest BCUT2D eigenvalue weighted by Gasteiger charge is 2.06. The normalized spacial score (nSPS) is 12.2. The fourth-order valence-electron chi connectivity index (χ4n) is 1.92. The number of carbonyl (C=O) groups excluding carboxylic acids is 1. The monoisotopic (exact) mass is 298 g/mol. The van der Waals surface area contributed by atoms with Crippen LogP contribution in [0.25, 0.3) is 0 Å². The van der Waals surface area contributed by atoms with Crippen molar-refractivity contribution < 1.29 is 15.0 Å². The Hall–Kier alpha value is -2.79. The molecule has 0 bridgehead atoms. The molecule has 2 aromatic rings. The van der Waals surface area contributed by atoms with E-state index in [2.05, 4.69) is 5.32 Å². The molecule has 0 saturated carbocycles. The van der Waals surface area contributed by atoms with Crippen LogP contribution in [0.3, 0.4) is 0 Å².